The molecule has 9 nitrogen and oxygen atoms in total. The molecule has 0 saturated carbocycles. The smallest absolute Gasteiger partial charge is 0.318 e. The van der Waals surface area contributed by atoms with E-state index in [1.54, 1.807) is 0 Å². The van der Waals surface area contributed by atoms with Crippen LogP contribution in [-0.2, 0) is 11.2 Å². The first-order valence-corrected chi connectivity index (χ1v) is 16.3. The van der Waals surface area contributed by atoms with Crippen molar-refractivity contribution in [3.8, 4) is 0 Å². The number of nitrogens with zero attached hydrogens (tertiary/aromatic N) is 5. The first-order chi connectivity index (χ1) is 20.4. The molecular weight excluding hydrogens is 594 g/mol. The maximum Gasteiger partial charge on any atom is 0.318 e. The van der Waals surface area contributed by atoms with Crippen molar-refractivity contribution in [2.75, 3.05) is 57.3 Å². The second kappa shape index (κ2) is 13.0. The van der Waals surface area contributed by atoms with Crippen LogP contribution in [0.4, 0.5) is 10.5 Å². The number of H-pyrrole nitrogens is 1. The van der Waals surface area contributed by atoms with E-state index in [0.717, 1.165) is 71.2 Å². The summed E-state index contributed by atoms with van der Waals surface area (Å²) in [5.74, 6) is 0.0267. The number of urea groups is 1. The predicted molar refractivity (Wildman–Crippen MR) is 170 cm³/mol. The number of likely N-dealkylation sites (tertiary alicyclic amines) is 2. The number of nitrogens with one attached hydrogen (secondary N) is 2. The summed E-state index contributed by atoms with van der Waals surface area (Å²) in [5.41, 5.74) is 4.28. The number of benzene rings is 2. The largest absolute Gasteiger partial charge is 0.368 e. The molecular formula is C32H42BrN7O2. The number of anilines is 1. The first kappa shape index (κ1) is 29.0. The standard InChI is InChI=1S/C32H42BrN7O2/c1-23-19-24(20-25-22-34-36-30(23)25)21-29(31(41)39-13-9-28(10-14-39)37-11-3-2-4-12-37)35-32(42)40-17-15-38(16-18-40)27-7-5-26(33)6-8-27/h5-8,19-20,22,28-29H,2-4,9-18,21H2,1H3,(H,34,36)(H,35,42)/t29-/m1/s1. The Bertz CT molecular complexity index is 1370. The average Bonchev–Trinajstić information content (AvgIpc) is 3.51. The van der Waals surface area contributed by atoms with Crippen LogP contribution in [0.1, 0.15) is 43.2 Å². The molecule has 224 valence electrons. The molecule has 3 aliphatic rings. The Kier molecular flexibility index (Phi) is 9.00. The van der Waals surface area contributed by atoms with Gasteiger partial charge < -0.3 is 24.9 Å². The Labute approximate surface area is 256 Å². The molecule has 4 heterocycles. The third-order valence-electron chi connectivity index (χ3n) is 9.28. The Balaban J connectivity index is 1.12. The number of aryl methyl sites for hydroxylation is 1. The van der Waals surface area contributed by atoms with Crippen molar-refractivity contribution in [3.05, 3.63) is 58.2 Å². The van der Waals surface area contributed by atoms with Crippen LogP contribution in [0, 0.1) is 6.92 Å². The lowest BCUT2D eigenvalue weighted by molar-refractivity contribution is -0.134. The quantitative estimate of drug-likeness (QED) is 0.415. The molecule has 1 atom stereocenters. The van der Waals surface area contributed by atoms with Crippen molar-refractivity contribution in [2.24, 2.45) is 0 Å². The Hall–Kier alpha value is -3.11. The lowest BCUT2D eigenvalue weighted by Crippen LogP contribution is -2.58. The minimum atomic E-state index is -0.614. The maximum atomic E-state index is 14.0. The summed E-state index contributed by atoms with van der Waals surface area (Å²) in [6, 6.07) is 12.3. The number of aromatic amines is 1. The molecule has 3 fully saturated rings. The van der Waals surface area contributed by atoms with Crippen LogP contribution in [0.2, 0.25) is 0 Å². The minimum absolute atomic E-state index is 0.0267. The van der Waals surface area contributed by atoms with Crippen molar-refractivity contribution in [2.45, 2.75) is 57.5 Å². The number of piperidine rings is 2. The molecule has 3 saturated heterocycles. The minimum Gasteiger partial charge on any atom is -0.368 e. The van der Waals surface area contributed by atoms with Crippen LogP contribution >= 0.6 is 15.9 Å². The highest BCUT2D eigenvalue weighted by molar-refractivity contribution is 9.10. The van der Waals surface area contributed by atoms with Gasteiger partial charge in [-0.25, -0.2) is 4.79 Å². The lowest BCUT2D eigenvalue weighted by atomic mass is 9.97. The van der Waals surface area contributed by atoms with Crippen LogP contribution in [0.15, 0.2) is 47.1 Å². The van der Waals surface area contributed by atoms with Gasteiger partial charge in [0.2, 0.25) is 5.91 Å². The highest BCUT2D eigenvalue weighted by Crippen LogP contribution is 2.24. The van der Waals surface area contributed by atoms with E-state index < -0.39 is 6.04 Å². The van der Waals surface area contributed by atoms with Crippen LogP contribution < -0.4 is 10.2 Å². The summed E-state index contributed by atoms with van der Waals surface area (Å²) in [5, 5.41) is 11.4. The van der Waals surface area contributed by atoms with E-state index in [-0.39, 0.29) is 11.9 Å². The number of carbonyl (C=O) groups excluding carboxylic acids is 2. The zero-order valence-electron chi connectivity index (χ0n) is 24.5. The number of piperazine rings is 1. The predicted octanol–water partition coefficient (Wildman–Crippen LogP) is 4.55. The molecule has 0 aliphatic carbocycles. The molecule has 42 heavy (non-hydrogen) atoms. The molecule has 3 amide bonds. The molecule has 3 aromatic rings. The third kappa shape index (κ3) is 6.59. The summed E-state index contributed by atoms with van der Waals surface area (Å²) in [7, 11) is 0. The zero-order chi connectivity index (χ0) is 29.1. The van der Waals surface area contributed by atoms with Crippen molar-refractivity contribution in [1.82, 2.24) is 30.2 Å². The molecule has 0 unspecified atom stereocenters. The van der Waals surface area contributed by atoms with E-state index in [0.29, 0.717) is 25.6 Å². The number of rotatable bonds is 6. The fraction of sp³-hybridized carbons (Fsp3) is 0.531. The Morgan fingerprint density at radius 2 is 1.67 bits per heavy atom. The van der Waals surface area contributed by atoms with E-state index in [4.69, 9.17) is 0 Å². The Morgan fingerprint density at radius 3 is 2.38 bits per heavy atom. The summed E-state index contributed by atoms with van der Waals surface area (Å²) >= 11 is 3.50. The third-order valence-corrected chi connectivity index (χ3v) is 9.81. The molecule has 0 radical (unpaired) electrons. The van der Waals surface area contributed by atoms with Gasteiger partial charge >= 0.3 is 6.03 Å². The van der Waals surface area contributed by atoms with Gasteiger partial charge in [-0.1, -0.05) is 28.4 Å². The van der Waals surface area contributed by atoms with Gasteiger partial charge in [0.15, 0.2) is 0 Å². The van der Waals surface area contributed by atoms with E-state index in [2.05, 4.69) is 72.4 Å². The van der Waals surface area contributed by atoms with Gasteiger partial charge in [0.1, 0.15) is 6.04 Å². The van der Waals surface area contributed by atoms with Gasteiger partial charge in [-0.05, 0) is 87.2 Å². The molecule has 10 heteroatoms. The summed E-state index contributed by atoms with van der Waals surface area (Å²) in [4.78, 5) is 36.3. The SMILES string of the molecule is Cc1cc(C[C@@H](NC(=O)N2CCN(c3ccc(Br)cc3)CC2)C(=O)N2CCC(N3CCCCC3)CC2)cc2cn[nH]c12. The summed E-state index contributed by atoms with van der Waals surface area (Å²) in [6.45, 7) is 8.66. The maximum absolute atomic E-state index is 14.0. The van der Waals surface area contributed by atoms with Gasteiger partial charge in [-0.15, -0.1) is 0 Å². The highest BCUT2D eigenvalue weighted by Gasteiger charge is 2.33. The zero-order valence-corrected chi connectivity index (χ0v) is 26.1. The topological polar surface area (TPSA) is 87.8 Å². The van der Waals surface area contributed by atoms with E-state index >= 15 is 0 Å². The van der Waals surface area contributed by atoms with Gasteiger partial charge in [0.25, 0.3) is 0 Å². The van der Waals surface area contributed by atoms with Crippen molar-refractivity contribution in [3.63, 3.8) is 0 Å². The van der Waals surface area contributed by atoms with Crippen LogP contribution in [-0.4, -0.2) is 101 Å². The van der Waals surface area contributed by atoms with Crippen molar-refractivity contribution < 1.29 is 9.59 Å². The summed E-state index contributed by atoms with van der Waals surface area (Å²) < 4.78 is 1.05. The number of hydrogen-bond donors (Lipinski definition) is 2. The van der Waals surface area contributed by atoms with Gasteiger partial charge in [-0.3, -0.25) is 9.89 Å². The fourth-order valence-electron chi connectivity index (χ4n) is 6.88. The molecule has 1 aromatic heterocycles. The molecule has 2 aromatic carbocycles. The van der Waals surface area contributed by atoms with Crippen LogP contribution in [0.25, 0.3) is 10.9 Å². The second-order valence-electron chi connectivity index (χ2n) is 12.1. The average molecular weight is 637 g/mol. The number of fused-ring (bicyclic) bond motifs is 1. The van der Waals surface area contributed by atoms with E-state index in [9.17, 15) is 9.59 Å². The van der Waals surface area contributed by atoms with E-state index in [1.807, 2.05) is 28.1 Å². The molecule has 2 N–H and O–H groups in total. The Morgan fingerprint density at radius 1 is 0.952 bits per heavy atom. The van der Waals surface area contributed by atoms with Crippen LogP contribution in [0.5, 0.6) is 0 Å². The first-order valence-electron chi connectivity index (χ1n) is 15.5. The van der Waals surface area contributed by atoms with Crippen LogP contribution in [0.3, 0.4) is 0 Å². The van der Waals surface area contributed by atoms with Gasteiger partial charge in [-0.2, -0.15) is 5.10 Å². The number of carbonyl (C=O) groups is 2. The molecule has 6 rings (SSSR count). The van der Waals surface area contributed by atoms with E-state index in [1.165, 1.54) is 32.4 Å². The number of amides is 3. The second-order valence-corrected chi connectivity index (χ2v) is 13.0. The normalized spacial score (nSPS) is 19.7. The fourth-order valence-corrected chi connectivity index (χ4v) is 7.15. The molecule has 0 spiro atoms. The highest BCUT2D eigenvalue weighted by atomic mass is 79.9. The van der Waals surface area contributed by atoms with Gasteiger partial charge in [0.05, 0.1) is 11.7 Å². The van der Waals surface area contributed by atoms with Crippen molar-refractivity contribution >= 4 is 44.5 Å². The monoisotopic (exact) mass is 635 g/mol. The van der Waals surface area contributed by atoms with Crippen molar-refractivity contribution in [1.29, 1.82) is 0 Å². The molecule has 3 aliphatic heterocycles. The lowest BCUT2D eigenvalue weighted by Gasteiger charge is -2.41. The number of hydrogen-bond acceptors (Lipinski definition) is 5. The number of halogens is 1. The summed E-state index contributed by atoms with van der Waals surface area (Å²) in [6.07, 6.45) is 8.18. The van der Waals surface area contributed by atoms with Gasteiger partial charge in [0, 0.05) is 67.3 Å². The number of aromatic nitrogens is 2. The molecule has 0 bridgehead atoms.